The number of carbonyl (C=O) groups is 1. The van der Waals surface area contributed by atoms with Gasteiger partial charge in [-0.25, -0.2) is 4.98 Å². The highest BCUT2D eigenvalue weighted by Crippen LogP contribution is 2.21. The molecule has 4 aromatic rings. The molecule has 0 atom stereocenters. The largest absolute Gasteiger partial charge is 0.317 e. The minimum Gasteiger partial charge on any atom is -0.317 e. The Labute approximate surface area is 160 Å². The summed E-state index contributed by atoms with van der Waals surface area (Å²) in [5.41, 5.74) is 3.31. The number of para-hydroxylation sites is 2. The maximum atomic E-state index is 13.0. The van der Waals surface area contributed by atoms with E-state index in [0.29, 0.717) is 28.0 Å². The Bertz CT molecular complexity index is 1080. The Balaban J connectivity index is 1.82. The van der Waals surface area contributed by atoms with E-state index in [0.717, 1.165) is 16.6 Å². The van der Waals surface area contributed by atoms with Crippen LogP contribution in [0.2, 0.25) is 10.0 Å². The molecule has 0 bridgehead atoms. The molecule has 26 heavy (non-hydrogen) atoms. The third kappa shape index (κ3) is 3.24. The van der Waals surface area contributed by atoms with Gasteiger partial charge in [0.1, 0.15) is 0 Å². The van der Waals surface area contributed by atoms with Crippen molar-refractivity contribution in [3.05, 3.63) is 99.8 Å². The van der Waals surface area contributed by atoms with Gasteiger partial charge >= 0.3 is 0 Å². The molecule has 0 unspecified atom stereocenters. The number of carbonyl (C=O) groups excluding carboxylic acids is 1. The van der Waals surface area contributed by atoms with Crippen LogP contribution in [0, 0.1) is 0 Å². The number of aromatic nitrogens is 2. The molecule has 0 fully saturated rings. The van der Waals surface area contributed by atoms with Gasteiger partial charge in [-0.15, -0.1) is 0 Å². The lowest BCUT2D eigenvalue weighted by atomic mass is 10.1. The van der Waals surface area contributed by atoms with Crippen LogP contribution in [0.15, 0.2) is 72.8 Å². The SMILES string of the molecule is O=C(c1ccc(Cl)cc1)c1nc2ccccc2n1Cc1ccc(Cl)cc1. The van der Waals surface area contributed by atoms with Crippen molar-refractivity contribution >= 4 is 40.0 Å². The van der Waals surface area contributed by atoms with Crippen molar-refractivity contribution in [2.24, 2.45) is 0 Å². The van der Waals surface area contributed by atoms with Crippen LogP contribution in [0.5, 0.6) is 0 Å². The highest BCUT2D eigenvalue weighted by Gasteiger charge is 2.19. The van der Waals surface area contributed by atoms with Gasteiger partial charge in [0.05, 0.1) is 11.0 Å². The Kier molecular flexibility index (Phi) is 4.49. The van der Waals surface area contributed by atoms with E-state index in [-0.39, 0.29) is 5.78 Å². The zero-order valence-electron chi connectivity index (χ0n) is 13.7. The van der Waals surface area contributed by atoms with Crippen molar-refractivity contribution in [1.29, 1.82) is 0 Å². The van der Waals surface area contributed by atoms with Crippen molar-refractivity contribution in [1.82, 2.24) is 9.55 Å². The molecule has 0 aliphatic carbocycles. The van der Waals surface area contributed by atoms with Gasteiger partial charge in [0.15, 0.2) is 5.82 Å². The van der Waals surface area contributed by atoms with Crippen LogP contribution in [-0.2, 0) is 6.54 Å². The first-order valence-corrected chi connectivity index (χ1v) is 8.87. The van der Waals surface area contributed by atoms with Gasteiger partial charge in [-0.2, -0.15) is 0 Å². The third-order valence-electron chi connectivity index (χ3n) is 4.22. The lowest BCUT2D eigenvalue weighted by Gasteiger charge is -2.09. The van der Waals surface area contributed by atoms with Crippen molar-refractivity contribution in [2.45, 2.75) is 6.54 Å². The molecule has 1 heterocycles. The van der Waals surface area contributed by atoms with Crippen LogP contribution in [0.1, 0.15) is 21.7 Å². The van der Waals surface area contributed by atoms with Gasteiger partial charge in [0.25, 0.3) is 0 Å². The second kappa shape index (κ2) is 6.94. The minimum atomic E-state index is -0.133. The standard InChI is InChI=1S/C21H14Cl2N2O/c22-16-9-5-14(6-10-16)13-25-19-4-2-1-3-18(19)24-21(25)20(26)15-7-11-17(23)12-8-15/h1-12H,13H2. The van der Waals surface area contributed by atoms with Gasteiger partial charge < -0.3 is 4.57 Å². The molecule has 5 heteroatoms. The van der Waals surface area contributed by atoms with Gasteiger partial charge in [-0.3, -0.25) is 4.79 Å². The molecule has 0 radical (unpaired) electrons. The average molecular weight is 381 g/mol. The van der Waals surface area contributed by atoms with Crippen LogP contribution in [0.3, 0.4) is 0 Å². The summed E-state index contributed by atoms with van der Waals surface area (Å²) >= 11 is 11.9. The fourth-order valence-electron chi connectivity index (χ4n) is 2.91. The summed E-state index contributed by atoms with van der Waals surface area (Å²) in [5, 5.41) is 1.28. The van der Waals surface area contributed by atoms with Crippen LogP contribution in [0.25, 0.3) is 11.0 Å². The first kappa shape index (κ1) is 16.8. The van der Waals surface area contributed by atoms with Crippen molar-refractivity contribution < 1.29 is 4.79 Å². The Hall–Kier alpha value is -2.62. The Morgan fingerprint density at radius 3 is 2.15 bits per heavy atom. The van der Waals surface area contributed by atoms with Crippen LogP contribution in [0.4, 0.5) is 0 Å². The van der Waals surface area contributed by atoms with E-state index in [1.54, 1.807) is 24.3 Å². The lowest BCUT2D eigenvalue weighted by molar-refractivity contribution is 0.102. The molecule has 0 spiro atoms. The Morgan fingerprint density at radius 1 is 0.846 bits per heavy atom. The summed E-state index contributed by atoms with van der Waals surface area (Å²) in [4.78, 5) is 17.6. The Morgan fingerprint density at radius 2 is 1.46 bits per heavy atom. The molecule has 0 aliphatic rings. The summed E-state index contributed by atoms with van der Waals surface area (Å²) in [6.45, 7) is 0.534. The average Bonchev–Trinajstić information content (AvgIpc) is 3.02. The molecular weight excluding hydrogens is 367 g/mol. The van der Waals surface area contributed by atoms with E-state index in [1.807, 2.05) is 53.1 Å². The number of halogens is 2. The zero-order chi connectivity index (χ0) is 18.1. The number of rotatable bonds is 4. The molecule has 0 saturated heterocycles. The second-order valence-electron chi connectivity index (χ2n) is 5.97. The number of nitrogens with zero attached hydrogens (tertiary/aromatic N) is 2. The monoisotopic (exact) mass is 380 g/mol. The fourth-order valence-corrected chi connectivity index (χ4v) is 3.16. The molecule has 128 valence electrons. The third-order valence-corrected chi connectivity index (χ3v) is 4.72. The number of hydrogen-bond acceptors (Lipinski definition) is 2. The number of imidazole rings is 1. The maximum absolute atomic E-state index is 13.0. The molecular formula is C21H14Cl2N2O. The summed E-state index contributed by atoms with van der Waals surface area (Å²) in [7, 11) is 0. The molecule has 3 aromatic carbocycles. The minimum absolute atomic E-state index is 0.133. The topological polar surface area (TPSA) is 34.9 Å². The van der Waals surface area contributed by atoms with Crippen molar-refractivity contribution in [2.75, 3.05) is 0 Å². The van der Waals surface area contributed by atoms with Gasteiger partial charge in [-0.05, 0) is 54.1 Å². The molecule has 3 nitrogen and oxygen atoms in total. The van der Waals surface area contributed by atoms with Crippen molar-refractivity contribution in [3.63, 3.8) is 0 Å². The summed E-state index contributed by atoms with van der Waals surface area (Å²) in [6, 6.07) is 22.2. The summed E-state index contributed by atoms with van der Waals surface area (Å²) in [5.74, 6) is 0.273. The molecule has 1 aromatic heterocycles. The highest BCUT2D eigenvalue weighted by molar-refractivity contribution is 6.31. The number of benzene rings is 3. The van der Waals surface area contributed by atoms with E-state index in [2.05, 4.69) is 4.98 Å². The van der Waals surface area contributed by atoms with E-state index in [9.17, 15) is 4.79 Å². The number of hydrogen-bond donors (Lipinski definition) is 0. The van der Waals surface area contributed by atoms with E-state index in [4.69, 9.17) is 23.2 Å². The molecule has 0 saturated carbocycles. The maximum Gasteiger partial charge on any atom is 0.228 e. The number of ketones is 1. The molecule has 0 N–H and O–H groups in total. The molecule has 0 aliphatic heterocycles. The predicted molar refractivity (Wildman–Crippen MR) is 105 cm³/mol. The van der Waals surface area contributed by atoms with Gasteiger partial charge in [0.2, 0.25) is 5.78 Å². The zero-order valence-corrected chi connectivity index (χ0v) is 15.2. The van der Waals surface area contributed by atoms with E-state index < -0.39 is 0 Å². The predicted octanol–water partition coefficient (Wildman–Crippen LogP) is 5.62. The first-order chi connectivity index (χ1) is 12.6. The quantitative estimate of drug-likeness (QED) is 0.430. The van der Waals surface area contributed by atoms with Crippen molar-refractivity contribution in [3.8, 4) is 0 Å². The summed E-state index contributed by atoms with van der Waals surface area (Å²) in [6.07, 6.45) is 0. The first-order valence-electron chi connectivity index (χ1n) is 8.12. The van der Waals surface area contributed by atoms with Crippen LogP contribution < -0.4 is 0 Å². The van der Waals surface area contributed by atoms with E-state index >= 15 is 0 Å². The van der Waals surface area contributed by atoms with Crippen LogP contribution >= 0.6 is 23.2 Å². The fraction of sp³-hybridized carbons (Fsp3) is 0.0476. The molecule has 0 amide bonds. The second-order valence-corrected chi connectivity index (χ2v) is 6.85. The normalized spacial score (nSPS) is 11.0. The smallest absolute Gasteiger partial charge is 0.228 e. The highest BCUT2D eigenvalue weighted by atomic mass is 35.5. The lowest BCUT2D eigenvalue weighted by Crippen LogP contribution is -2.12. The molecule has 4 rings (SSSR count). The van der Waals surface area contributed by atoms with Crippen LogP contribution in [-0.4, -0.2) is 15.3 Å². The van der Waals surface area contributed by atoms with E-state index in [1.165, 1.54) is 0 Å². The summed E-state index contributed by atoms with van der Waals surface area (Å²) < 4.78 is 1.94. The van der Waals surface area contributed by atoms with Gasteiger partial charge in [0, 0.05) is 22.2 Å². The number of fused-ring (bicyclic) bond motifs is 1. The van der Waals surface area contributed by atoms with Gasteiger partial charge in [-0.1, -0.05) is 47.5 Å².